The van der Waals surface area contributed by atoms with E-state index in [4.69, 9.17) is 0 Å². The Labute approximate surface area is 146 Å². The number of carbonyl (C=O) groups is 1. The zero-order valence-electron chi connectivity index (χ0n) is 14.0. The number of carbonyl (C=O) groups excluding carboxylic acids is 1. The Morgan fingerprint density at radius 3 is 2.44 bits per heavy atom. The van der Waals surface area contributed by atoms with Crippen molar-refractivity contribution >= 4 is 5.91 Å². The van der Waals surface area contributed by atoms with Crippen LogP contribution in [0.1, 0.15) is 34.9 Å². The molecule has 0 aliphatic rings. The topological polar surface area (TPSA) is 57.8 Å². The number of H-pyrrole nitrogens is 1. The van der Waals surface area contributed by atoms with Crippen molar-refractivity contribution in [2.45, 2.75) is 25.8 Å². The Morgan fingerprint density at radius 1 is 1.12 bits per heavy atom. The molecule has 0 aliphatic carbocycles. The minimum absolute atomic E-state index is 0.0705. The van der Waals surface area contributed by atoms with E-state index in [0.717, 1.165) is 22.5 Å². The molecule has 128 valence electrons. The number of hydrogen-bond acceptors (Lipinski definition) is 2. The molecule has 1 atom stereocenters. The summed E-state index contributed by atoms with van der Waals surface area (Å²) < 4.78 is 13.2. The first-order valence-corrected chi connectivity index (χ1v) is 8.20. The summed E-state index contributed by atoms with van der Waals surface area (Å²) in [4.78, 5) is 12.4. The lowest BCUT2D eigenvalue weighted by Crippen LogP contribution is -2.25. The standard InChI is InChI=1S/C20H20FN3O/c1-14-11-18(24-23-14)13-22-20(25)12-19(15-5-3-2-4-6-15)16-7-9-17(21)10-8-16/h2-11,19H,12-13H2,1H3,(H,22,25)(H,23,24)/t19-/m1/s1. The Balaban J connectivity index is 1.73. The number of amides is 1. The minimum atomic E-state index is -0.283. The number of rotatable bonds is 6. The van der Waals surface area contributed by atoms with Gasteiger partial charge in [0.2, 0.25) is 5.91 Å². The van der Waals surface area contributed by atoms with Gasteiger partial charge in [0, 0.05) is 18.0 Å². The number of aromatic nitrogens is 2. The van der Waals surface area contributed by atoms with Crippen LogP contribution in [0.2, 0.25) is 0 Å². The second-order valence-corrected chi connectivity index (χ2v) is 6.04. The SMILES string of the molecule is Cc1cc(CNC(=O)C[C@H](c2ccccc2)c2ccc(F)cc2)n[nH]1. The van der Waals surface area contributed by atoms with Gasteiger partial charge in [0.25, 0.3) is 0 Å². The molecule has 1 amide bonds. The predicted molar refractivity (Wildman–Crippen MR) is 94.5 cm³/mol. The van der Waals surface area contributed by atoms with Crippen LogP contribution in [0.3, 0.4) is 0 Å². The Bertz CT molecular complexity index is 828. The number of nitrogens with one attached hydrogen (secondary N) is 2. The first kappa shape index (κ1) is 16.9. The molecule has 25 heavy (non-hydrogen) atoms. The quantitative estimate of drug-likeness (QED) is 0.721. The summed E-state index contributed by atoms with van der Waals surface area (Å²) in [6, 6.07) is 18.0. The van der Waals surface area contributed by atoms with Crippen molar-refractivity contribution in [1.29, 1.82) is 0 Å². The first-order chi connectivity index (χ1) is 12.1. The third-order valence-corrected chi connectivity index (χ3v) is 4.09. The van der Waals surface area contributed by atoms with Gasteiger partial charge in [0.1, 0.15) is 5.82 Å². The maximum Gasteiger partial charge on any atom is 0.221 e. The van der Waals surface area contributed by atoms with Crippen LogP contribution in [0, 0.1) is 12.7 Å². The van der Waals surface area contributed by atoms with Crippen LogP contribution >= 0.6 is 0 Å². The molecule has 1 heterocycles. The molecular formula is C20H20FN3O. The molecule has 4 nitrogen and oxygen atoms in total. The van der Waals surface area contributed by atoms with Crippen molar-refractivity contribution < 1.29 is 9.18 Å². The Hall–Kier alpha value is -2.95. The normalized spacial score (nSPS) is 11.9. The van der Waals surface area contributed by atoms with E-state index in [2.05, 4.69) is 15.5 Å². The van der Waals surface area contributed by atoms with Crippen molar-refractivity contribution in [2.75, 3.05) is 0 Å². The zero-order valence-corrected chi connectivity index (χ0v) is 14.0. The molecule has 0 saturated carbocycles. The zero-order chi connectivity index (χ0) is 17.6. The number of nitrogens with zero attached hydrogens (tertiary/aromatic N) is 1. The fraction of sp³-hybridized carbons (Fsp3) is 0.200. The van der Waals surface area contributed by atoms with Gasteiger partial charge in [-0.25, -0.2) is 4.39 Å². The summed E-state index contributed by atoms with van der Waals surface area (Å²) >= 11 is 0. The molecule has 0 radical (unpaired) electrons. The van der Waals surface area contributed by atoms with Gasteiger partial charge in [0.15, 0.2) is 0 Å². The second kappa shape index (κ2) is 7.75. The lowest BCUT2D eigenvalue weighted by Gasteiger charge is -2.18. The molecule has 0 unspecified atom stereocenters. The van der Waals surface area contributed by atoms with Crippen LogP contribution in [-0.2, 0) is 11.3 Å². The summed E-state index contributed by atoms with van der Waals surface area (Å²) in [6.07, 6.45) is 0.291. The van der Waals surface area contributed by atoms with Gasteiger partial charge in [-0.05, 0) is 36.2 Å². The van der Waals surface area contributed by atoms with Gasteiger partial charge in [0.05, 0.1) is 12.2 Å². The summed E-state index contributed by atoms with van der Waals surface area (Å²) in [5.74, 6) is -0.476. The van der Waals surface area contributed by atoms with Crippen LogP contribution in [-0.4, -0.2) is 16.1 Å². The Morgan fingerprint density at radius 2 is 1.80 bits per heavy atom. The fourth-order valence-corrected chi connectivity index (χ4v) is 2.82. The molecule has 2 N–H and O–H groups in total. The van der Waals surface area contributed by atoms with Gasteiger partial charge in [-0.2, -0.15) is 5.10 Å². The molecule has 0 aliphatic heterocycles. The molecule has 5 heteroatoms. The summed E-state index contributed by atoms with van der Waals surface area (Å²) in [5, 5.41) is 9.86. The molecule has 0 bridgehead atoms. The average molecular weight is 337 g/mol. The smallest absolute Gasteiger partial charge is 0.221 e. The van der Waals surface area contributed by atoms with E-state index in [9.17, 15) is 9.18 Å². The highest BCUT2D eigenvalue weighted by Gasteiger charge is 2.18. The van der Waals surface area contributed by atoms with E-state index in [-0.39, 0.29) is 17.6 Å². The van der Waals surface area contributed by atoms with E-state index >= 15 is 0 Å². The minimum Gasteiger partial charge on any atom is -0.350 e. The van der Waals surface area contributed by atoms with Crippen molar-refractivity contribution in [3.05, 3.63) is 89.0 Å². The Kier molecular flexibility index (Phi) is 5.23. The lowest BCUT2D eigenvalue weighted by atomic mass is 9.88. The molecule has 1 aromatic heterocycles. The van der Waals surface area contributed by atoms with E-state index in [1.54, 1.807) is 12.1 Å². The maximum absolute atomic E-state index is 13.2. The molecule has 3 rings (SSSR count). The van der Waals surface area contributed by atoms with Gasteiger partial charge < -0.3 is 5.32 Å². The number of aromatic amines is 1. The van der Waals surface area contributed by atoms with Crippen molar-refractivity contribution in [3.8, 4) is 0 Å². The highest BCUT2D eigenvalue weighted by Crippen LogP contribution is 2.28. The van der Waals surface area contributed by atoms with Crippen LogP contribution in [0.25, 0.3) is 0 Å². The maximum atomic E-state index is 13.2. The monoisotopic (exact) mass is 337 g/mol. The number of benzene rings is 2. The average Bonchev–Trinajstić information content (AvgIpc) is 3.05. The van der Waals surface area contributed by atoms with E-state index < -0.39 is 0 Å². The van der Waals surface area contributed by atoms with E-state index in [0.29, 0.717) is 13.0 Å². The van der Waals surface area contributed by atoms with Gasteiger partial charge >= 0.3 is 0 Å². The summed E-state index contributed by atoms with van der Waals surface area (Å²) in [6.45, 7) is 2.30. The molecule has 0 fully saturated rings. The van der Waals surface area contributed by atoms with Crippen LogP contribution in [0.5, 0.6) is 0 Å². The third-order valence-electron chi connectivity index (χ3n) is 4.09. The van der Waals surface area contributed by atoms with Crippen LogP contribution in [0.15, 0.2) is 60.7 Å². The van der Waals surface area contributed by atoms with E-state index in [1.165, 1.54) is 12.1 Å². The highest BCUT2D eigenvalue weighted by atomic mass is 19.1. The number of hydrogen-bond donors (Lipinski definition) is 2. The summed E-state index contributed by atoms with van der Waals surface area (Å²) in [5.41, 5.74) is 3.69. The number of halogens is 1. The number of aryl methyl sites for hydroxylation is 1. The summed E-state index contributed by atoms with van der Waals surface area (Å²) in [7, 11) is 0. The van der Waals surface area contributed by atoms with Crippen LogP contribution in [0.4, 0.5) is 4.39 Å². The van der Waals surface area contributed by atoms with Gasteiger partial charge in [-0.15, -0.1) is 0 Å². The lowest BCUT2D eigenvalue weighted by molar-refractivity contribution is -0.121. The fourth-order valence-electron chi connectivity index (χ4n) is 2.82. The van der Waals surface area contributed by atoms with Crippen molar-refractivity contribution in [2.24, 2.45) is 0 Å². The molecule has 2 aromatic carbocycles. The third kappa shape index (κ3) is 4.53. The second-order valence-electron chi connectivity index (χ2n) is 6.04. The van der Waals surface area contributed by atoms with Gasteiger partial charge in [-0.3, -0.25) is 9.89 Å². The van der Waals surface area contributed by atoms with Crippen molar-refractivity contribution in [1.82, 2.24) is 15.5 Å². The largest absolute Gasteiger partial charge is 0.350 e. The van der Waals surface area contributed by atoms with Crippen LogP contribution < -0.4 is 5.32 Å². The predicted octanol–water partition coefficient (Wildman–Crippen LogP) is 3.70. The molecule has 0 saturated heterocycles. The van der Waals surface area contributed by atoms with Gasteiger partial charge in [-0.1, -0.05) is 42.5 Å². The first-order valence-electron chi connectivity index (χ1n) is 8.20. The van der Waals surface area contributed by atoms with Crippen molar-refractivity contribution in [3.63, 3.8) is 0 Å². The van der Waals surface area contributed by atoms with E-state index in [1.807, 2.05) is 43.3 Å². The molecule has 0 spiro atoms. The molecule has 3 aromatic rings. The highest BCUT2D eigenvalue weighted by molar-refractivity contribution is 5.77. The molecular weight excluding hydrogens is 317 g/mol.